The fourth-order valence-corrected chi connectivity index (χ4v) is 5.17. The van der Waals surface area contributed by atoms with E-state index < -0.39 is 5.54 Å². The number of hydrogen-bond donors (Lipinski definition) is 2. The van der Waals surface area contributed by atoms with E-state index in [2.05, 4.69) is 12.2 Å². The van der Waals surface area contributed by atoms with E-state index in [0.29, 0.717) is 30.6 Å². The predicted molar refractivity (Wildman–Crippen MR) is 99.3 cm³/mol. The number of esters is 1. The third-order valence-electron chi connectivity index (χ3n) is 6.85. The van der Waals surface area contributed by atoms with Gasteiger partial charge in [0.25, 0.3) is 0 Å². The normalized spacial score (nSPS) is 40.5. The van der Waals surface area contributed by atoms with Gasteiger partial charge in [-0.15, -0.1) is 12.4 Å². The summed E-state index contributed by atoms with van der Waals surface area (Å²) in [6, 6.07) is 0.257. The second-order valence-electron chi connectivity index (χ2n) is 8.44. The highest BCUT2D eigenvalue weighted by atomic mass is 35.5. The molecule has 5 nitrogen and oxygen atoms in total. The molecule has 3 N–H and O–H groups in total. The number of carbonyl (C=O) groups is 2. The summed E-state index contributed by atoms with van der Waals surface area (Å²) in [5.41, 5.74) is 5.52. The maximum Gasteiger partial charge on any atom is 0.331 e. The van der Waals surface area contributed by atoms with Gasteiger partial charge in [0.1, 0.15) is 5.54 Å². The van der Waals surface area contributed by atoms with E-state index in [-0.39, 0.29) is 36.2 Å². The Hall–Kier alpha value is -0.810. The van der Waals surface area contributed by atoms with Crippen LogP contribution in [0.1, 0.15) is 64.7 Å². The average Bonchev–Trinajstić information content (AvgIpc) is 2.56. The molecule has 3 saturated carbocycles. The minimum absolute atomic E-state index is 0. The number of halogens is 1. The van der Waals surface area contributed by atoms with Crippen LogP contribution in [-0.4, -0.2) is 30.6 Å². The quantitative estimate of drug-likeness (QED) is 0.746. The number of methoxy groups -OCH3 is 1. The Bertz CT molecular complexity index is 477. The van der Waals surface area contributed by atoms with Crippen molar-refractivity contribution in [2.24, 2.45) is 29.4 Å². The van der Waals surface area contributed by atoms with Crippen LogP contribution in [0.3, 0.4) is 0 Å². The van der Waals surface area contributed by atoms with Gasteiger partial charge in [0.05, 0.1) is 7.11 Å². The van der Waals surface area contributed by atoms with Crippen molar-refractivity contribution in [2.75, 3.05) is 7.11 Å². The third-order valence-corrected chi connectivity index (χ3v) is 6.85. The largest absolute Gasteiger partial charge is 0.467 e. The molecule has 144 valence electrons. The third kappa shape index (κ3) is 4.13. The molecule has 0 saturated heterocycles. The van der Waals surface area contributed by atoms with Crippen molar-refractivity contribution in [3.63, 3.8) is 0 Å². The summed E-state index contributed by atoms with van der Waals surface area (Å²) >= 11 is 0. The van der Waals surface area contributed by atoms with Crippen LogP contribution in [0.2, 0.25) is 0 Å². The van der Waals surface area contributed by atoms with Crippen molar-refractivity contribution in [1.82, 2.24) is 5.32 Å². The van der Waals surface area contributed by atoms with E-state index in [1.54, 1.807) is 0 Å². The van der Waals surface area contributed by atoms with Crippen molar-refractivity contribution in [2.45, 2.75) is 76.3 Å². The Morgan fingerprint density at radius 2 is 1.64 bits per heavy atom. The maximum atomic E-state index is 13.0. The van der Waals surface area contributed by atoms with Gasteiger partial charge in [0.2, 0.25) is 5.91 Å². The van der Waals surface area contributed by atoms with Crippen LogP contribution in [0.25, 0.3) is 0 Å². The lowest BCUT2D eigenvalue weighted by Gasteiger charge is -2.45. The zero-order valence-corrected chi connectivity index (χ0v) is 16.3. The Kier molecular flexibility index (Phi) is 6.77. The number of fused-ring (bicyclic) bond motifs is 2. The minimum Gasteiger partial charge on any atom is -0.467 e. The summed E-state index contributed by atoms with van der Waals surface area (Å²) in [7, 11) is 1.41. The van der Waals surface area contributed by atoms with Crippen molar-refractivity contribution in [1.29, 1.82) is 0 Å². The van der Waals surface area contributed by atoms with E-state index in [0.717, 1.165) is 38.5 Å². The molecule has 0 aliphatic heterocycles. The number of nitrogens with one attached hydrogen (secondary N) is 1. The lowest BCUT2D eigenvalue weighted by atomic mass is 9.64. The molecule has 2 bridgehead atoms. The zero-order chi connectivity index (χ0) is 17.3. The lowest BCUT2D eigenvalue weighted by molar-refractivity contribution is -0.154. The molecule has 0 heterocycles. The Morgan fingerprint density at radius 1 is 1.08 bits per heavy atom. The first-order chi connectivity index (χ1) is 11.4. The minimum atomic E-state index is -0.812. The predicted octanol–water partition coefficient (Wildman–Crippen LogP) is 2.80. The number of carbonyl (C=O) groups excluding carboxylic acids is 2. The van der Waals surface area contributed by atoms with Gasteiger partial charge in [0.15, 0.2) is 0 Å². The maximum absolute atomic E-state index is 13.0. The smallest absolute Gasteiger partial charge is 0.331 e. The first-order valence-electron chi connectivity index (χ1n) is 9.61. The van der Waals surface area contributed by atoms with Crippen molar-refractivity contribution >= 4 is 24.3 Å². The second kappa shape index (κ2) is 8.26. The first kappa shape index (κ1) is 20.5. The lowest BCUT2D eigenvalue weighted by Crippen LogP contribution is -2.59. The number of ether oxygens (including phenoxy) is 1. The molecule has 0 aromatic heterocycles. The molecule has 0 spiro atoms. The summed E-state index contributed by atoms with van der Waals surface area (Å²) < 4.78 is 5.03. The van der Waals surface area contributed by atoms with Crippen LogP contribution < -0.4 is 11.1 Å². The summed E-state index contributed by atoms with van der Waals surface area (Å²) in [4.78, 5) is 25.4. The number of nitrogens with two attached hydrogens (primary N) is 1. The average molecular weight is 373 g/mol. The SMILES string of the molecule is COC(=O)C1(NC(=O)C2CC3CCCC(C2)C3N)CCC(C)CC1.Cl. The van der Waals surface area contributed by atoms with Crippen LogP contribution in [0.4, 0.5) is 0 Å². The van der Waals surface area contributed by atoms with Gasteiger partial charge in [0, 0.05) is 12.0 Å². The molecule has 3 fully saturated rings. The molecule has 3 aliphatic carbocycles. The molecule has 1 amide bonds. The van der Waals surface area contributed by atoms with Crippen LogP contribution in [0.5, 0.6) is 0 Å². The molecule has 2 atom stereocenters. The zero-order valence-electron chi connectivity index (χ0n) is 15.5. The standard InChI is InChI=1S/C19H32N2O3.ClH/c1-12-6-8-19(9-7-12,18(23)24-2)21-17(22)15-10-13-4-3-5-14(11-15)16(13)20;/h12-16H,3-11,20H2,1-2H3,(H,21,22);1H. The van der Waals surface area contributed by atoms with Gasteiger partial charge in [-0.05, 0) is 69.1 Å². The molecule has 25 heavy (non-hydrogen) atoms. The molecular formula is C19H33ClN2O3. The monoisotopic (exact) mass is 372 g/mol. The molecule has 0 aromatic carbocycles. The Balaban J connectivity index is 0.00000225. The van der Waals surface area contributed by atoms with Crippen LogP contribution in [0.15, 0.2) is 0 Å². The van der Waals surface area contributed by atoms with Gasteiger partial charge in [-0.1, -0.05) is 13.3 Å². The molecular weight excluding hydrogens is 340 g/mol. The van der Waals surface area contributed by atoms with Gasteiger partial charge >= 0.3 is 5.97 Å². The molecule has 0 radical (unpaired) electrons. The molecule has 0 aromatic rings. The second-order valence-corrected chi connectivity index (χ2v) is 8.44. The molecule has 2 unspecified atom stereocenters. The van der Waals surface area contributed by atoms with E-state index in [9.17, 15) is 9.59 Å². The molecule has 3 aliphatic rings. The highest BCUT2D eigenvalue weighted by Gasteiger charge is 2.46. The van der Waals surface area contributed by atoms with Crippen LogP contribution in [-0.2, 0) is 14.3 Å². The van der Waals surface area contributed by atoms with Gasteiger partial charge in [-0.25, -0.2) is 4.79 Å². The summed E-state index contributed by atoms with van der Waals surface area (Å²) in [6.45, 7) is 2.20. The number of hydrogen-bond acceptors (Lipinski definition) is 4. The van der Waals surface area contributed by atoms with E-state index in [1.165, 1.54) is 13.5 Å². The van der Waals surface area contributed by atoms with Crippen LogP contribution in [0, 0.1) is 23.7 Å². The van der Waals surface area contributed by atoms with Crippen LogP contribution >= 0.6 is 12.4 Å². The molecule has 6 heteroatoms. The highest BCUT2D eigenvalue weighted by Crippen LogP contribution is 2.42. The van der Waals surface area contributed by atoms with Gasteiger partial charge in [-0.3, -0.25) is 4.79 Å². The summed E-state index contributed by atoms with van der Waals surface area (Å²) in [5, 5.41) is 3.12. The number of amides is 1. The van der Waals surface area contributed by atoms with E-state index >= 15 is 0 Å². The Morgan fingerprint density at radius 3 is 2.16 bits per heavy atom. The van der Waals surface area contributed by atoms with Crippen molar-refractivity contribution in [3.8, 4) is 0 Å². The van der Waals surface area contributed by atoms with Crippen molar-refractivity contribution < 1.29 is 14.3 Å². The van der Waals surface area contributed by atoms with Gasteiger partial charge in [-0.2, -0.15) is 0 Å². The fourth-order valence-electron chi connectivity index (χ4n) is 5.17. The summed E-state index contributed by atoms with van der Waals surface area (Å²) in [6.07, 6.45) is 8.54. The first-order valence-corrected chi connectivity index (χ1v) is 9.61. The molecule has 3 rings (SSSR count). The van der Waals surface area contributed by atoms with E-state index in [4.69, 9.17) is 10.5 Å². The fraction of sp³-hybridized carbons (Fsp3) is 0.895. The number of rotatable bonds is 3. The topological polar surface area (TPSA) is 81.4 Å². The summed E-state index contributed by atoms with van der Waals surface area (Å²) in [5.74, 6) is 1.30. The highest BCUT2D eigenvalue weighted by molar-refractivity contribution is 5.89. The van der Waals surface area contributed by atoms with Crippen molar-refractivity contribution in [3.05, 3.63) is 0 Å². The Labute approximate surface area is 157 Å². The van der Waals surface area contributed by atoms with Gasteiger partial charge < -0.3 is 15.8 Å². The van der Waals surface area contributed by atoms with E-state index in [1.807, 2.05) is 0 Å².